The average Bonchev–Trinajstić information content (AvgIpc) is 3.49. The van der Waals surface area contributed by atoms with Crippen LogP contribution in [0.25, 0.3) is 0 Å². The number of carbonyl (C=O) groups excluding carboxylic acids is 3. The van der Waals surface area contributed by atoms with Crippen LogP contribution < -0.4 is 0 Å². The highest BCUT2D eigenvalue weighted by Gasteiger charge is 2.19. The molecule has 6 heteroatoms. The minimum absolute atomic E-state index is 0.0784. The lowest BCUT2D eigenvalue weighted by molar-refractivity contribution is -0.167. The van der Waals surface area contributed by atoms with E-state index in [0.717, 1.165) is 83.5 Å². The molecular weight excluding hydrogens is 1020 g/mol. The van der Waals surface area contributed by atoms with Gasteiger partial charge in [-0.15, -0.1) is 0 Å². The lowest BCUT2D eigenvalue weighted by Crippen LogP contribution is -2.30. The molecule has 0 amide bonds. The van der Waals surface area contributed by atoms with E-state index in [0.29, 0.717) is 19.3 Å². The summed E-state index contributed by atoms with van der Waals surface area (Å²) in [4.78, 5) is 38.5. The second kappa shape index (κ2) is 71.3. The van der Waals surface area contributed by atoms with Gasteiger partial charge in [0.05, 0.1) is 0 Å². The van der Waals surface area contributed by atoms with Gasteiger partial charge in [0.25, 0.3) is 0 Å². The lowest BCUT2D eigenvalue weighted by Gasteiger charge is -2.18. The zero-order chi connectivity index (χ0) is 59.9. The van der Waals surface area contributed by atoms with E-state index >= 15 is 0 Å². The Bertz CT molecular complexity index is 1520. The van der Waals surface area contributed by atoms with Gasteiger partial charge < -0.3 is 14.2 Å². The highest BCUT2D eigenvalue weighted by atomic mass is 16.6. The third-order valence-electron chi connectivity index (χ3n) is 16.2. The molecule has 0 heterocycles. The topological polar surface area (TPSA) is 78.9 Å². The quantitative estimate of drug-likeness (QED) is 0.0261. The summed E-state index contributed by atoms with van der Waals surface area (Å²) in [5.41, 5.74) is 0. The molecule has 0 rings (SSSR count). The van der Waals surface area contributed by atoms with E-state index in [4.69, 9.17) is 14.2 Å². The summed E-state index contributed by atoms with van der Waals surface area (Å²) in [7, 11) is 0. The van der Waals surface area contributed by atoms with E-state index in [2.05, 4.69) is 93.7 Å². The van der Waals surface area contributed by atoms with E-state index in [1.165, 1.54) is 257 Å². The van der Waals surface area contributed by atoms with Gasteiger partial charge in [0.2, 0.25) is 0 Å². The molecule has 0 saturated heterocycles. The summed E-state index contributed by atoms with van der Waals surface area (Å²) in [5.74, 6) is -0.872. The van der Waals surface area contributed by atoms with Crippen molar-refractivity contribution in [3.8, 4) is 0 Å². The lowest BCUT2D eigenvalue weighted by atomic mass is 10.0. The van der Waals surface area contributed by atoms with Crippen molar-refractivity contribution in [1.82, 2.24) is 0 Å². The minimum atomic E-state index is -0.785. The van der Waals surface area contributed by atoms with Gasteiger partial charge in [-0.05, 0) is 116 Å². The van der Waals surface area contributed by atoms with Gasteiger partial charge in [0.15, 0.2) is 6.10 Å². The van der Waals surface area contributed by atoms with Crippen molar-refractivity contribution in [1.29, 1.82) is 0 Å². The van der Waals surface area contributed by atoms with Gasteiger partial charge >= 0.3 is 17.9 Å². The van der Waals surface area contributed by atoms with Gasteiger partial charge in [-0.25, -0.2) is 0 Å². The number of ether oxygens (including phenoxy) is 3. The zero-order valence-corrected chi connectivity index (χ0v) is 55.5. The second-order valence-corrected chi connectivity index (χ2v) is 24.5. The van der Waals surface area contributed by atoms with E-state index in [9.17, 15) is 14.4 Å². The van der Waals surface area contributed by atoms with E-state index < -0.39 is 6.10 Å². The van der Waals surface area contributed by atoms with Crippen molar-refractivity contribution in [3.63, 3.8) is 0 Å². The van der Waals surface area contributed by atoms with Crippen LogP contribution >= 0.6 is 0 Å². The molecule has 0 aromatic heterocycles. The molecule has 0 aromatic carbocycles. The Morgan fingerprint density at radius 3 is 0.711 bits per heavy atom. The molecule has 0 fully saturated rings. The Hall–Kier alpha value is -3.15. The first-order valence-corrected chi connectivity index (χ1v) is 36.4. The third kappa shape index (κ3) is 69.5. The molecule has 482 valence electrons. The van der Waals surface area contributed by atoms with Crippen LogP contribution in [0.5, 0.6) is 0 Å². The smallest absolute Gasteiger partial charge is 0.306 e. The Morgan fingerprint density at radius 1 is 0.241 bits per heavy atom. The Kier molecular flexibility index (Phi) is 68.6. The van der Waals surface area contributed by atoms with Crippen molar-refractivity contribution in [2.45, 2.75) is 386 Å². The fraction of sp³-hybridized carbons (Fsp3) is 0.805. The fourth-order valence-corrected chi connectivity index (χ4v) is 10.7. The molecule has 0 aliphatic heterocycles. The first kappa shape index (κ1) is 79.8. The zero-order valence-electron chi connectivity index (χ0n) is 55.5. The first-order valence-electron chi connectivity index (χ1n) is 36.4. The van der Waals surface area contributed by atoms with Crippen LogP contribution in [0.15, 0.2) is 72.9 Å². The normalized spacial score (nSPS) is 12.5. The maximum Gasteiger partial charge on any atom is 0.306 e. The van der Waals surface area contributed by atoms with Crippen molar-refractivity contribution < 1.29 is 28.6 Å². The molecule has 0 spiro atoms. The summed E-state index contributed by atoms with van der Waals surface area (Å²) in [6.07, 6.45) is 93.5. The van der Waals surface area contributed by atoms with Crippen LogP contribution in [0.3, 0.4) is 0 Å². The maximum atomic E-state index is 13.0. The number of hydrogen-bond acceptors (Lipinski definition) is 6. The van der Waals surface area contributed by atoms with Gasteiger partial charge in [0.1, 0.15) is 13.2 Å². The van der Waals surface area contributed by atoms with Gasteiger partial charge in [-0.2, -0.15) is 0 Å². The first-order chi connectivity index (χ1) is 41.0. The van der Waals surface area contributed by atoms with E-state index in [1.54, 1.807) is 0 Å². The van der Waals surface area contributed by atoms with Crippen molar-refractivity contribution in [3.05, 3.63) is 72.9 Å². The van der Waals surface area contributed by atoms with Gasteiger partial charge in [-0.1, -0.05) is 318 Å². The van der Waals surface area contributed by atoms with Gasteiger partial charge in [0, 0.05) is 19.3 Å². The molecule has 0 saturated carbocycles. The van der Waals surface area contributed by atoms with Crippen LogP contribution in [-0.2, 0) is 28.6 Å². The molecule has 1 atom stereocenters. The SMILES string of the molecule is CCCCC/C=C\C/C=C\C/C=C\CCCCCCCCC(=O)OCC(COC(=O)CCCCCCCCCCCCCCC/C=C\C/C=C\CCCCCCC)OC(=O)CCCCCCCCCCC/C=C\CCCCCCCCCC. The molecular formula is C77H138O6. The van der Waals surface area contributed by atoms with E-state index in [-0.39, 0.29) is 31.1 Å². The predicted octanol–water partition coefficient (Wildman–Crippen LogP) is 25.2. The molecule has 0 aliphatic carbocycles. The fourth-order valence-electron chi connectivity index (χ4n) is 10.7. The number of esters is 3. The molecule has 0 N–H and O–H groups in total. The van der Waals surface area contributed by atoms with Crippen molar-refractivity contribution in [2.24, 2.45) is 0 Å². The largest absolute Gasteiger partial charge is 0.462 e. The third-order valence-corrected chi connectivity index (χ3v) is 16.2. The number of carbonyl (C=O) groups is 3. The summed E-state index contributed by atoms with van der Waals surface area (Å²) >= 11 is 0. The maximum absolute atomic E-state index is 13.0. The highest BCUT2D eigenvalue weighted by molar-refractivity contribution is 5.71. The van der Waals surface area contributed by atoms with E-state index in [1.807, 2.05) is 0 Å². The molecule has 0 aliphatic rings. The van der Waals surface area contributed by atoms with Crippen LogP contribution in [0.1, 0.15) is 380 Å². The van der Waals surface area contributed by atoms with Crippen molar-refractivity contribution in [2.75, 3.05) is 13.2 Å². The molecule has 0 bridgehead atoms. The van der Waals surface area contributed by atoms with Crippen LogP contribution in [0.4, 0.5) is 0 Å². The Balaban J connectivity index is 4.35. The van der Waals surface area contributed by atoms with Crippen molar-refractivity contribution >= 4 is 17.9 Å². The Labute approximate surface area is 516 Å². The van der Waals surface area contributed by atoms with Crippen LogP contribution in [0, 0.1) is 0 Å². The standard InChI is InChI=1S/C77H138O6/c1-4-7-10-13-16-19-22-25-28-31-34-36-37-38-39-41-43-46-49-52-55-58-61-64-67-70-76(79)82-73-74(72-81-75(78)69-66-63-60-57-54-51-48-45-42-33-30-27-24-21-18-15-12-9-6-3)83-77(80)71-68-65-62-59-56-53-50-47-44-40-35-32-29-26-23-20-17-14-11-8-5-2/h18,21-22,25,27,30-32,34-35,42,45,74H,4-17,19-20,23-24,26,28-29,33,36-41,43-44,46-73H2,1-3H3/b21-18-,25-22-,30-27-,34-31-,35-32-,45-42-. The molecule has 0 radical (unpaired) electrons. The van der Waals surface area contributed by atoms with Gasteiger partial charge in [-0.3, -0.25) is 14.4 Å². The summed E-state index contributed by atoms with van der Waals surface area (Å²) < 4.78 is 17.0. The molecule has 83 heavy (non-hydrogen) atoms. The Morgan fingerprint density at radius 2 is 0.434 bits per heavy atom. The summed E-state index contributed by atoms with van der Waals surface area (Å²) in [5, 5.41) is 0. The number of rotatable bonds is 67. The number of unbranched alkanes of at least 4 members (excludes halogenated alkanes) is 44. The number of allylic oxidation sites excluding steroid dienone is 12. The van der Waals surface area contributed by atoms with Crippen LogP contribution in [0.2, 0.25) is 0 Å². The molecule has 6 nitrogen and oxygen atoms in total. The summed E-state index contributed by atoms with van der Waals surface area (Å²) in [6, 6.07) is 0. The predicted molar refractivity (Wildman–Crippen MR) is 362 cm³/mol. The number of hydrogen-bond donors (Lipinski definition) is 0. The summed E-state index contributed by atoms with van der Waals surface area (Å²) in [6.45, 7) is 6.65. The highest BCUT2D eigenvalue weighted by Crippen LogP contribution is 2.17. The molecule has 1 unspecified atom stereocenters. The average molecular weight is 1160 g/mol. The minimum Gasteiger partial charge on any atom is -0.462 e. The molecule has 0 aromatic rings. The monoisotopic (exact) mass is 1160 g/mol. The second-order valence-electron chi connectivity index (χ2n) is 24.5. The van der Waals surface area contributed by atoms with Crippen LogP contribution in [-0.4, -0.2) is 37.2 Å².